The molecule has 0 aliphatic heterocycles. The second-order valence-corrected chi connectivity index (χ2v) is 6.28. The van der Waals surface area contributed by atoms with Gasteiger partial charge in [-0.3, -0.25) is 0 Å². The highest BCUT2D eigenvalue weighted by Crippen LogP contribution is 2.27. The van der Waals surface area contributed by atoms with Crippen molar-refractivity contribution in [3.05, 3.63) is 53.8 Å². The van der Waals surface area contributed by atoms with Crippen molar-refractivity contribution in [3.63, 3.8) is 0 Å². The van der Waals surface area contributed by atoms with Gasteiger partial charge in [0.15, 0.2) is 0 Å². The lowest BCUT2D eigenvalue weighted by atomic mass is 10.1. The third-order valence-electron chi connectivity index (χ3n) is 2.39. The van der Waals surface area contributed by atoms with Gasteiger partial charge >= 0.3 is 0 Å². The van der Waals surface area contributed by atoms with Gasteiger partial charge in [0.25, 0.3) is 9.05 Å². The zero-order valence-electron chi connectivity index (χ0n) is 9.20. The Balaban J connectivity index is 2.64. The summed E-state index contributed by atoms with van der Waals surface area (Å²) in [6, 6.07) is 5.67. The second-order valence-electron chi connectivity index (χ2n) is 3.74. The summed E-state index contributed by atoms with van der Waals surface area (Å²) in [4.78, 5) is -0.740. The maximum absolute atomic E-state index is 13.3. The molecule has 0 saturated carbocycles. The highest BCUT2D eigenvalue weighted by atomic mass is 35.7. The maximum atomic E-state index is 13.3. The second kappa shape index (κ2) is 4.86. The van der Waals surface area contributed by atoms with Gasteiger partial charge in [0.2, 0.25) is 0 Å². The average Bonchev–Trinajstić information content (AvgIpc) is 2.26. The van der Waals surface area contributed by atoms with Crippen LogP contribution >= 0.6 is 10.7 Å². The molecule has 0 heterocycles. The van der Waals surface area contributed by atoms with Crippen molar-refractivity contribution in [3.8, 4) is 11.1 Å². The number of hydrogen-bond acceptors (Lipinski definition) is 2. The van der Waals surface area contributed by atoms with E-state index in [2.05, 4.69) is 0 Å². The van der Waals surface area contributed by atoms with Crippen LogP contribution in [0.3, 0.4) is 0 Å². The van der Waals surface area contributed by atoms with E-state index >= 15 is 0 Å². The van der Waals surface area contributed by atoms with Crippen LogP contribution in [0.25, 0.3) is 11.1 Å². The topological polar surface area (TPSA) is 34.1 Å². The van der Waals surface area contributed by atoms with Gasteiger partial charge in [0.05, 0.1) is 0 Å². The van der Waals surface area contributed by atoms with Crippen LogP contribution in [0, 0.1) is 17.5 Å². The zero-order valence-corrected chi connectivity index (χ0v) is 10.8. The molecule has 0 bridgehead atoms. The number of benzene rings is 2. The van der Waals surface area contributed by atoms with Crippen LogP contribution in [0.5, 0.6) is 0 Å². The summed E-state index contributed by atoms with van der Waals surface area (Å²) < 4.78 is 61.8. The standard InChI is InChI=1S/C12H6ClF3O2S/c13-19(17,18)12-5-7(1-2-11(12)16)8-3-9(14)6-10(15)4-8/h1-6H. The molecule has 0 amide bonds. The molecule has 2 rings (SSSR count). The summed E-state index contributed by atoms with van der Waals surface area (Å²) in [6.07, 6.45) is 0. The highest BCUT2D eigenvalue weighted by Gasteiger charge is 2.17. The molecule has 2 nitrogen and oxygen atoms in total. The van der Waals surface area contributed by atoms with E-state index < -0.39 is 31.4 Å². The molecule has 0 aliphatic carbocycles. The van der Waals surface area contributed by atoms with Gasteiger partial charge in [0.1, 0.15) is 22.3 Å². The van der Waals surface area contributed by atoms with Crippen molar-refractivity contribution in [2.45, 2.75) is 4.90 Å². The summed E-state index contributed by atoms with van der Waals surface area (Å²) >= 11 is 0. The van der Waals surface area contributed by atoms with E-state index in [1.807, 2.05) is 0 Å². The Morgan fingerprint density at radius 3 is 1.95 bits per heavy atom. The van der Waals surface area contributed by atoms with Crippen molar-refractivity contribution in [2.75, 3.05) is 0 Å². The Morgan fingerprint density at radius 2 is 1.42 bits per heavy atom. The van der Waals surface area contributed by atoms with E-state index in [1.54, 1.807) is 0 Å². The van der Waals surface area contributed by atoms with Crippen molar-refractivity contribution < 1.29 is 21.6 Å². The minimum Gasteiger partial charge on any atom is -0.207 e. The molecule has 0 atom stereocenters. The smallest absolute Gasteiger partial charge is 0.207 e. The lowest BCUT2D eigenvalue weighted by molar-refractivity contribution is 0.576. The third-order valence-corrected chi connectivity index (χ3v) is 3.73. The number of halogens is 4. The fourth-order valence-corrected chi connectivity index (χ4v) is 2.51. The van der Waals surface area contributed by atoms with Crippen molar-refractivity contribution in [2.24, 2.45) is 0 Å². The van der Waals surface area contributed by atoms with E-state index in [1.165, 1.54) is 6.07 Å². The van der Waals surface area contributed by atoms with E-state index in [-0.39, 0.29) is 11.1 Å². The zero-order chi connectivity index (χ0) is 14.2. The van der Waals surface area contributed by atoms with Crippen molar-refractivity contribution in [1.82, 2.24) is 0 Å². The van der Waals surface area contributed by atoms with Crippen LogP contribution in [0.4, 0.5) is 13.2 Å². The molecule has 0 spiro atoms. The predicted molar refractivity (Wildman–Crippen MR) is 64.8 cm³/mol. The predicted octanol–water partition coefficient (Wildman–Crippen LogP) is 3.70. The fourth-order valence-electron chi connectivity index (χ4n) is 1.59. The quantitative estimate of drug-likeness (QED) is 0.793. The monoisotopic (exact) mass is 306 g/mol. The maximum Gasteiger partial charge on any atom is 0.264 e. The molecule has 0 radical (unpaired) electrons. The molecule has 2 aromatic rings. The number of rotatable bonds is 2. The van der Waals surface area contributed by atoms with Gasteiger partial charge in [-0.25, -0.2) is 21.6 Å². The summed E-state index contributed by atoms with van der Waals surface area (Å²) in [5.74, 6) is -2.68. The molecule has 0 saturated heterocycles. The Morgan fingerprint density at radius 1 is 0.842 bits per heavy atom. The van der Waals surface area contributed by atoms with Crippen LogP contribution in [-0.4, -0.2) is 8.42 Å². The minimum absolute atomic E-state index is 0.0825. The van der Waals surface area contributed by atoms with E-state index in [0.29, 0.717) is 6.07 Å². The first-order chi connectivity index (χ1) is 8.77. The molecule has 0 aliphatic rings. The summed E-state index contributed by atoms with van der Waals surface area (Å²) in [5, 5.41) is 0. The molecular weight excluding hydrogens is 301 g/mol. The van der Waals surface area contributed by atoms with E-state index in [4.69, 9.17) is 10.7 Å². The van der Waals surface area contributed by atoms with Crippen LogP contribution in [0.15, 0.2) is 41.3 Å². The summed E-state index contributed by atoms with van der Waals surface area (Å²) in [5.41, 5.74) is 0.220. The lowest BCUT2D eigenvalue weighted by Crippen LogP contribution is -1.96. The Hall–Kier alpha value is -1.53. The Kier molecular flexibility index (Phi) is 3.56. The minimum atomic E-state index is -4.27. The number of hydrogen-bond donors (Lipinski definition) is 0. The van der Waals surface area contributed by atoms with Gasteiger partial charge in [-0.2, -0.15) is 0 Å². The third kappa shape index (κ3) is 3.08. The average molecular weight is 307 g/mol. The Labute approximate surface area is 111 Å². The summed E-state index contributed by atoms with van der Waals surface area (Å²) in [6.45, 7) is 0. The van der Waals surface area contributed by atoms with Crippen LogP contribution in [-0.2, 0) is 9.05 Å². The molecule has 19 heavy (non-hydrogen) atoms. The van der Waals surface area contributed by atoms with Crippen molar-refractivity contribution in [1.29, 1.82) is 0 Å². The van der Waals surface area contributed by atoms with Gasteiger partial charge in [-0.1, -0.05) is 6.07 Å². The molecule has 100 valence electrons. The first-order valence-electron chi connectivity index (χ1n) is 4.98. The molecular formula is C12H6ClF3O2S. The Bertz CT molecular complexity index is 724. The fraction of sp³-hybridized carbons (Fsp3) is 0. The van der Waals surface area contributed by atoms with E-state index in [0.717, 1.165) is 24.3 Å². The molecule has 0 unspecified atom stereocenters. The first-order valence-corrected chi connectivity index (χ1v) is 7.29. The van der Waals surface area contributed by atoms with Gasteiger partial charge in [0, 0.05) is 16.7 Å². The molecule has 0 N–H and O–H groups in total. The SMILES string of the molecule is O=S(=O)(Cl)c1cc(-c2cc(F)cc(F)c2)ccc1F. The molecule has 7 heteroatoms. The molecule has 0 aromatic heterocycles. The summed E-state index contributed by atoms with van der Waals surface area (Å²) in [7, 11) is 0.795. The van der Waals surface area contributed by atoms with E-state index in [9.17, 15) is 21.6 Å². The largest absolute Gasteiger partial charge is 0.264 e. The van der Waals surface area contributed by atoms with Crippen LogP contribution in [0.1, 0.15) is 0 Å². The van der Waals surface area contributed by atoms with Crippen molar-refractivity contribution >= 4 is 19.7 Å². The highest BCUT2D eigenvalue weighted by molar-refractivity contribution is 8.13. The molecule has 0 fully saturated rings. The van der Waals surface area contributed by atoms with Gasteiger partial charge < -0.3 is 0 Å². The van der Waals surface area contributed by atoms with Crippen LogP contribution < -0.4 is 0 Å². The normalized spacial score (nSPS) is 11.6. The molecule has 2 aromatic carbocycles. The first kappa shape index (κ1) is 13.9. The van der Waals surface area contributed by atoms with Gasteiger partial charge in [-0.05, 0) is 35.4 Å². The van der Waals surface area contributed by atoms with Crippen LogP contribution in [0.2, 0.25) is 0 Å². The van der Waals surface area contributed by atoms with Gasteiger partial charge in [-0.15, -0.1) is 0 Å². The lowest BCUT2D eigenvalue weighted by Gasteiger charge is -2.05.